The number of hydrogen-bond donors (Lipinski definition) is 0. The van der Waals surface area contributed by atoms with Crippen LogP contribution in [0.4, 0.5) is 0 Å². The zero-order valence-corrected chi connectivity index (χ0v) is 16.8. The maximum Gasteiger partial charge on any atom is 0.325 e. The number of rotatable bonds is 7. The molecule has 4 rings (SSSR count). The highest BCUT2D eigenvalue weighted by Gasteiger charge is 2.48. The Kier molecular flexibility index (Phi) is 5.89. The van der Waals surface area contributed by atoms with Crippen LogP contribution >= 0.6 is 0 Å². The summed E-state index contributed by atoms with van der Waals surface area (Å²) in [6.07, 6.45) is 5.49. The monoisotopic (exact) mass is 396 g/mol. The van der Waals surface area contributed by atoms with Gasteiger partial charge in [-0.2, -0.15) is 0 Å². The Labute approximate surface area is 177 Å². The van der Waals surface area contributed by atoms with Crippen molar-refractivity contribution in [3.63, 3.8) is 0 Å². The maximum atomic E-state index is 13.4. The zero-order valence-electron chi connectivity index (χ0n) is 16.8. The topological polar surface area (TPSA) is 43.4 Å². The van der Waals surface area contributed by atoms with E-state index in [4.69, 9.17) is 4.74 Å². The van der Waals surface area contributed by atoms with Crippen LogP contribution in [0.5, 0.6) is 5.75 Å². The van der Waals surface area contributed by atoms with Gasteiger partial charge in [0.2, 0.25) is 0 Å². The second-order valence-corrected chi connectivity index (χ2v) is 7.68. The van der Waals surface area contributed by atoms with Crippen LogP contribution < -0.4 is 4.74 Å². The summed E-state index contributed by atoms with van der Waals surface area (Å²) >= 11 is 0. The molecule has 1 heterocycles. The molecular formula is C27H24O3. The summed E-state index contributed by atoms with van der Waals surface area (Å²) in [5.74, 6) is 0.0431. The summed E-state index contributed by atoms with van der Waals surface area (Å²) in [6, 6.07) is 27.2. The van der Waals surface area contributed by atoms with Gasteiger partial charge in [-0.1, -0.05) is 91.0 Å². The Morgan fingerprint density at radius 3 is 2.33 bits per heavy atom. The Morgan fingerprint density at radius 1 is 0.900 bits per heavy atom. The van der Waals surface area contributed by atoms with Crippen molar-refractivity contribution in [1.29, 1.82) is 0 Å². The number of Topliss-reactive ketones (excluding diaryl/α,β-unsaturated/α-hetero) is 1. The van der Waals surface area contributed by atoms with Crippen LogP contribution in [0.2, 0.25) is 0 Å². The fourth-order valence-electron chi connectivity index (χ4n) is 3.93. The van der Waals surface area contributed by atoms with Gasteiger partial charge < -0.3 is 4.74 Å². The molecule has 0 aliphatic carbocycles. The maximum absolute atomic E-state index is 13.4. The number of benzene rings is 3. The number of ether oxygens (including phenoxy) is 1. The van der Waals surface area contributed by atoms with E-state index in [-0.39, 0.29) is 5.78 Å². The standard InChI is InChI=1S/C27H24O3/c28-25(18-17-22-12-5-2-6-13-22)27(19-9-14-21-10-3-1-4-11-21)20-23-15-7-8-16-24(23)30-26(27)29/h1-16H,17-20H2/b14-9+/t27-/m1/s1. The summed E-state index contributed by atoms with van der Waals surface area (Å²) in [6.45, 7) is 0. The lowest BCUT2D eigenvalue weighted by molar-refractivity contribution is -0.154. The normalized spacial score (nSPS) is 18.1. The average Bonchev–Trinajstić information content (AvgIpc) is 2.79. The lowest BCUT2D eigenvalue weighted by Gasteiger charge is -2.34. The van der Waals surface area contributed by atoms with E-state index >= 15 is 0 Å². The summed E-state index contributed by atoms with van der Waals surface area (Å²) in [5, 5.41) is 0. The molecule has 0 aromatic heterocycles. The largest absolute Gasteiger partial charge is 0.425 e. The number of fused-ring (bicyclic) bond motifs is 1. The van der Waals surface area contributed by atoms with Gasteiger partial charge in [-0.15, -0.1) is 0 Å². The van der Waals surface area contributed by atoms with Gasteiger partial charge in [0.25, 0.3) is 0 Å². The first kappa shape index (κ1) is 19.8. The number of allylic oxidation sites excluding steroid dienone is 1. The van der Waals surface area contributed by atoms with Crippen molar-refractivity contribution in [2.24, 2.45) is 5.41 Å². The minimum Gasteiger partial charge on any atom is -0.425 e. The first-order valence-corrected chi connectivity index (χ1v) is 10.3. The Morgan fingerprint density at radius 2 is 1.57 bits per heavy atom. The molecule has 0 saturated heterocycles. The molecule has 0 saturated carbocycles. The van der Waals surface area contributed by atoms with Gasteiger partial charge in [0.1, 0.15) is 11.2 Å². The lowest BCUT2D eigenvalue weighted by atomic mass is 9.72. The summed E-state index contributed by atoms with van der Waals surface area (Å²) < 4.78 is 5.63. The van der Waals surface area contributed by atoms with E-state index in [1.54, 1.807) is 6.07 Å². The number of carbonyl (C=O) groups excluding carboxylic acids is 2. The van der Waals surface area contributed by atoms with E-state index in [0.717, 1.165) is 16.7 Å². The number of para-hydroxylation sites is 1. The van der Waals surface area contributed by atoms with Crippen LogP contribution in [-0.2, 0) is 22.4 Å². The van der Waals surface area contributed by atoms with Crippen molar-refractivity contribution in [3.05, 3.63) is 108 Å². The minimum atomic E-state index is -1.19. The molecule has 30 heavy (non-hydrogen) atoms. The van der Waals surface area contributed by atoms with Crippen LogP contribution in [0, 0.1) is 5.41 Å². The Balaban J connectivity index is 1.60. The lowest BCUT2D eigenvalue weighted by Crippen LogP contribution is -2.46. The molecule has 0 bridgehead atoms. The van der Waals surface area contributed by atoms with E-state index in [2.05, 4.69) is 0 Å². The molecule has 3 heteroatoms. The summed E-state index contributed by atoms with van der Waals surface area (Å²) in [5.41, 5.74) is 1.84. The van der Waals surface area contributed by atoms with Crippen LogP contribution in [0.3, 0.4) is 0 Å². The van der Waals surface area contributed by atoms with Crippen LogP contribution in [-0.4, -0.2) is 11.8 Å². The van der Waals surface area contributed by atoms with E-state index < -0.39 is 11.4 Å². The molecule has 0 N–H and O–H groups in total. The second kappa shape index (κ2) is 8.91. The molecule has 0 unspecified atom stereocenters. The summed E-state index contributed by atoms with van der Waals surface area (Å²) in [4.78, 5) is 26.5. The van der Waals surface area contributed by atoms with Gasteiger partial charge in [0.15, 0.2) is 5.78 Å². The highest BCUT2D eigenvalue weighted by molar-refractivity contribution is 6.06. The number of esters is 1. The number of hydrogen-bond acceptors (Lipinski definition) is 3. The highest BCUT2D eigenvalue weighted by atomic mass is 16.5. The van der Waals surface area contributed by atoms with Gasteiger partial charge in [0, 0.05) is 6.42 Å². The van der Waals surface area contributed by atoms with Crippen LogP contribution in [0.25, 0.3) is 6.08 Å². The molecule has 0 spiro atoms. The zero-order chi connectivity index (χ0) is 20.8. The van der Waals surface area contributed by atoms with Crippen molar-refractivity contribution in [3.8, 4) is 5.75 Å². The first-order chi connectivity index (χ1) is 14.7. The smallest absolute Gasteiger partial charge is 0.325 e. The molecule has 0 fully saturated rings. The van der Waals surface area contributed by atoms with Gasteiger partial charge in [-0.05, 0) is 42.0 Å². The van der Waals surface area contributed by atoms with E-state index in [9.17, 15) is 9.59 Å². The van der Waals surface area contributed by atoms with Gasteiger partial charge in [-0.3, -0.25) is 9.59 Å². The highest BCUT2D eigenvalue weighted by Crippen LogP contribution is 2.40. The third-order valence-electron chi connectivity index (χ3n) is 5.65. The van der Waals surface area contributed by atoms with Crippen molar-refractivity contribution in [2.75, 3.05) is 0 Å². The molecule has 0 amide bonds. The number of aryl methyl sites for hydroxylation is 1. The van der Waals surface area contributed by atoms with Crippen LogP contribution in [0.15, 0.2) is 91.0 Å². The molecule has 1 aliphatic heterocycles. The summed E-state index contributed by atoms with van der Waals surface area (Å²) in [7, 11) is 0. The van der Waals surface area contributed by atoms with Crippen molar-refractivity contribution < 1.29 is 14.3 Å². The number of ketones is 1. The predicted octanol–water partition coefficient (Wildman–Crippen LogP) is 5.44. The molecule has 3 aromatic rings. The Hall–Kier alpha value is -3.46. The van der Waals surface area contributed by atoms with Gasteiger partial charge in [-0.25, -0.2) is 0 Å². The predicted molar refractivity (Wildman–Crippen MR) is 118 cm³/mol. The fraction of sp³-hybridized carbons (Fsp3) is 0.185. The van der Waals surface area contributed by atoms with Crippen LogP contribution in [0.1, 0.15) is 29.5 Å². The molecule has 1 aliphatic rings. The molecule has 3 aromatic carbocycles. The van der Waals surface area contributed by atoms with Gasteiger partial charge in [0.05, 0.1) is 0 Å². The number of carbonyl (C=O) groups is 2. The van der Waals surface area contributed by atoms with Gasteiger partial charge >= 0.3 is 5.97 Å². The fourth-order valence-corrected chi connectivity index (χ4v) is 3.93. The minimum absolute atomic E-state index is 0.0661. The van der Waals surface area contributed by atoms with Crippen molar-refractivity contribution >= 4 is 17.8 Å². The molecular weight excluding hydrogens is 372 g/mol. The molecule has 1 atom stereocenters. The average molecular weight is 396 g/mol. The molecule has 0 radical (unpaired) electrons. The van der Waals surface area contributed by atoms with Crippen molar-refractivity contribution in [1.82, 2.24) is 0 Å². The van der Waals surface area contributed by atoms with E-state index in [1.165, 1.54) is 0 Å². The quantitative estimate of drug-likeness (QED) is 0.303. The Bertz CT molecular complexity index is 1050. The molecule has 150 valence electrons. The third kappa shape index (κ3) is 4.25. The first-order valence-electron chi connectivity index (χ1n) is 10.3. The molecule has 3 nitrogen and oxygen atoms in total. The van der Waals surface area contributed by atoms with E-state index in [0.29, 0.717) is 31.4 Å². The van der Waals surface area contributed by atoms with E-state index in [1.807, 2.05) is 91.0 Å². The SMILES string of the molecule is O=C(CCc1ccccc1)[C@@]1(C/C=C/c2ccccc2)Cc2ccccc2OC1=O. The van der Waals surface area contributed by atoms with Crippen molar-refractivity contribution in [2.45, 2.75) is 25.7 Å². The second-order valence-electron chi connectivity index (χ2n) is 7.68. The third-order valence-corrected chi connectivity index (χ3v) is 5.65.